The fourth-order valence-electron chi connectivity index (χ4n) is 4.11. The maximum absolute atomic E-state index is 12.3. The molecule has 2 N–H and O–H groups in total. The summed E-state index contributed by atoms with van der Waals surface area (Å²) in [5.74, 6) is 1.63. The summed E-state index contributed by atoms with van der Waals surface area (Å²) < 4.78 is 0. The number of nitrogens with one attached hydrogen (secondary N) is 1. The highest BCUT2D eigenvalue weighted by molar-refractivity contribution is 7.10. The Morgan fingerprint density at radius 3 is 2.83 bits per heavy atom. The average Bonchev–Trinajstić information content (AvgIpc) is 2.96. The number of carbonyl (C=O) groups is 2. The Morgan fingerprint density at radius 1 is 1.30 bits per heavy atom. The number of carbonyl (C=O) groups excluding carboxylic acids is 1. The van der Waals surface area contributed by atoms with E-state index in [9.17, 15) is 9.59 Å². The molecule has 1 aromatic heterocycles. The van der Waals surface area contributed by atoms with Gasteiger partial charge in [-0.3, -0.25) is 0 Å². The number of fused-ring (bicyclic) bond motifs is 2. The van der Waals surface area contributed by atoms with Crippen molar-refractivity contribution in [2.24, 2.45) is 17.8 Å². The van der Waals surface area contributed by atoms with Crippen LogP contribution in [0.3, 0.4) is 0 Å². The van der Waals surface area contributed by atoms with Crippen LogP contribution in [0.2, 0.25) is 0 Å². The van der Waals surface area contributed by atoms with Gasteiger partial charge in [-0.1, -0.05) is 0 Å². The summed E-state index contributed by atoms with van der Waals surface area (Å²) in [6.07, 6.45) is 1.12. The third-order valence-electron chi connectivity index (χ3n) is 5.49. The molecule has 1 saturated carbocycles. The van der Waals surface area contributed by atoms with Crippen LogP contribution >= 0.6 is 11.3 Å². The fraction of sp³-hybridized carbons (Fsp3) is 0.625. The molecule has 2 atom stereocenters. The summed E-state index contributed by atoms with van der Waals surface area (Å²) in [6, 6.07) is 2.14. The SMILES string of the molecule is O=C(O)N1CC2C(CCNC(=O)N3CCc4sccc4C3)C2C1. The number of rotatable bonds is 3. The molecule has 0 aromatic carbocycles. The van der Waals surface area contributed by atoms with Crippen LogP contribution in [0.25, 0.3) is 0 Å². The molecule has 0 spiro atoms. The summed E-state index contributed by atoms with van der Waals surface area (Å²) in [7, 11) is 0. The minimum absolute atomic E-state index is 0.0276. The van der Waals surface area contributed by atoms with E-state index in [2.05, 4.69) is 16.8 Å². The van der Waals surface area contributed by atoms with Crippen molar-refractivity contribution in [2.75, 3.05) is 26.2 Å². The van der Waals surface area contributed by atoms with Crippen molar-refractivity contribution in [1.29, 1.82) is 0 Å². The molecular formula is C16H21N3O3S. The smallest absolute Gasteiger partial charge is 0.407 e. The Labute approximate surface area is 139 Å². The van der Waals surface area contributed by atoms with Crippen LogP contribution in [0.4, 0.5) is 9.59 Å². The molecule has 1 aliphatic carbocycles. The largest absolute Gasteiger partial charge is 0.465 e. The summed E-state index contributed by atoms with van der Waals surface area (Å²) in [5, 5.41) is 14.1. The molecule has 2 unspecified atom stereocenters. The van der Waals surface area contributed by atoms with Gasteiger partial charge in [-0.25, -0.2) is 9.59 Å². The number of urea groups is 1. The topological polar surface area (TPSA) is 72.9 Å². The van der Waals surface area contributed by atoms with Gasteiger partial charge in [-0.15, -0.1) is 11.3 Å². The van der Waals surface area contributed by atoms with Crippen LogP contribution in [-0.4, -0.2) is 53.2 Å². The highest BCUT2D eigenvalue weighted by atomic mass is 32.1. The molecule has 2 fully saturated rings. The van der Waals surface area contributed by atoms with Crippen LogP contribution in [0.5, 0.6) is 0 Å². The van der Waals surface area contributed by atoms with E-state index in [4.69, 9.17) is 5.11 Å². The number of carboxylic acid groups (broad SMARTS) is 1. The van der Waals surface area contributed by atoms with E-state index in [1.165, 1.54) is 15.3 Å². The van der Waals surface area contributed by atoms with Crippen LogP contribution in [0, 0.1) is 17.8 Å². The zero-order chi connectivity index (χ0) is 16.0. The Hall–Kier alpha value is -1.76. The van der Waals surface area contributed by atoms with Gasteiger partial charge in [0.15, 0.2) is 0 Å². The summed E-state index contributed by atoms with van der Waals surface area (Å²) >= 11 is 1.78. The van der Waals surface area contributed by atoms with Crippen molar-refractivity contribution in [3.63, 3.8) is 0 Å². The fourth-order valence-corrected chi connectivity index (χ4v) is 5.00. The van der Waals surface area contributed by atoms with Gasteiger partial charge >= 0.3 is 12.1 Å². The molecule has 23 heavy (non-hydrogen) atoms. The third kappa shape index (κ3) is 2.78. The first-order chi connectivity index (χ1) is 11.1. The number of likely N-dealkylation sites (tertiary alicyclic amines) is 1. The van der Waals surface area contributed by atoms with Crippen molar-refractivity contribution in [1.82, 2.24) is 15.1 Å². The van der Waals surface area contributed by atoms with Crippen LogP contribution in [0.15, 0.2) is 11.4 Å². The molecule has 1 aromatic rings. The number of nitrogens with zero attached hydrogens (tertiary/aromatic N) is 2. The maximum Gasteiger partial charge on any atom is 0.407 e. The van der Waals surface area contributed by atoms with E-state index in [0.29, 0.717) is 43.9 Å². The van der Waals surface area contributed by atoms with Crippen LogP contribution < -0.4 is 5.32 Å². The second-order valence-electron chi connectivity index (χ2n) is 6.74. The standard InChI is InChI=1S/C16H21N3O3S/c20-15(18-5-2-14-10(7-18)3-6-23-14)17-4-1-11-12-8-19(16(21)22)9-13(11)12/h3,6,11-13H,1-2,4-5,7-9H2,(H,17,20)(H,21,22). The van der Waals surface area contributed by atoms with Crippen LogP contribution in [-0.2, 0) is 13.0 Å². The Kier molecular flexibility index (Phi) is 3.67. The highest BCUT2D eigenvalue weighted by Crippen LogP contribution is 2.53. The van der Waals surface area contributed by atoms with Crippen LogP contribution in [0.1, 0.15) is 16.9 Å². The van der Waals surface area contributed by atoms with Gasteiger partial charge in [0.05, 0.1) is 0 Å². The summed E-state index contributed by atoms with van der Waals surface area (Å²) in [4.78, 5) is 27.9. The van der Waals surface area contributed by atoms with Crippen molar-refractivity contribution >= 4 is 23.5 Å². The lowest BCUT2D eigenvalue weighted by Crippen LogP contribution is -2.42. The van der Waals surface area contributed by atoms with Gasteiger partial charge in [0.2, 0.25) is 0 Å². The second-order valence-corrected chi connectivity index (χ2v) is 7.74. The third-order valence-corrected chi connectivity index (χ3v) is 6.51. The molecular weight excluding hydrogens is 314 g/mol. The number of thiophene rings is 1. The van der Waals surface area contributed by atoms with Gasteiger partial charge in [0.1, 0.15) is 0 Å². The highest BCUT2D eigenvalue weighted by Gasteiger charge is 2.55. The van der Waals surface area contributed by atoms with Crippen molar-refractivity contribution < 1.29 is 14.7 Å². The summed E-state index contributed by atoms with van der Waals surface area (Å²) in [6.45, 7) is 3.54. The summed E-state index contributed by atoms with van der Waals surface area (Å²) in [5.41, 5.74) is 1.28. The first-order valence-corrected chi connectivity index (χ1v) is 9.07. The molecule has 6 nitrogen and oxygen atoms in total. The number of hydrogen-bond donors (Lipinski definition) is 2. The predicted molar refractivity (Wildman–Crippen MR) is 86.5 cm³/mol. The first-order valence-electron chi connectivity index (χ1n) is 8.19. The predicted octanol–water partition coefficient (Wildman–Crippen LogP) is 2.06. The van der Waals surface area contributed by atoms with E-state index < -0.39 is 6.09 Å². The molecule has 3 amide bonds. The Bertz CT molecular complexity index is 620. The minimum Gasteiger partial charge on any atom is -0.465 e. The normalized spacial score (nSPS) is 28.3. The quantitative estimate of drug-likeness (QED) is 0.888. The molecule has 0 bridgehead atoms. The van der Waals surface area contributed by atoms with Gasteiger partial charge < -0.3 is 20.2 Å². The van der Waals surface area contributed by atoms with E-state index in [-0.39, 0.29) is 6.03 Å². The van der Waals surface area contributed by atoms with E-state index in [1.807, 2.05) is 4.90 Å². The van der Waals surface area contributed by atoms with E-state index in [0.717, 1.165) is 19.4 Å². The number of hydrogen-bond acceptors (Lipinski definition) is 3. The van der Waals surface area contributed by atoms with Crippen molar-refractivity contribution in [2.45, 2.75) is 19.4 Å². The second kappa shape index (κ2) is 5.70. The number of piperidine rings is 1. The molecule has 2 aliphatic heterocycles. The van der Waals surface area contributed by atoms with Gasteiger partial charge in [0.25, 0.3) is 0 Å². The molecule has 7 heteroatoms. The van der Waals surface area contributed by atoms with E-state index >= 15 is 0 Å². The first kappa shape index (κ1) is 14.8. The van der Waals surface area contributed by atoms with Crippen molar-refractivity contribution in [3.05, 3.63) is 21.9 Å². The monoisotopic (exact) mass is 335 g/mol. The maximum atomic E-state index is 12.3. The lowest BCUT2D eigenvalue weighted by molar-refractivity contribution is 0.148. The zero-order valence-electron chi connectivity index (χ0n) is 12.9. The van der Waals surface area contributed by atoms with E-state index in [1.54, 1.807) is 11.3 Å². The molecule has 0 radical (unpaired) electrons. The lowest BCUT2D eigenvalue weighted by atomic mass is 10.1. The molecule has 4 rings (SSSR count). The molecule has 3 aliphatic rings. The molecule has 124 valence electrons. The number of amides is 3. The minimum atomic E-state index is -0.804. The Morgan fingerprint density at radius 2 is 2.09 bits per heavy atom. The zero-order valence-corrected chi connectivity index (χ0v) is 13.7. The van der Waals surface area contributed by atoms with Gasteiger partial charge in [-0.2, -0.15) is 0 Å². The van der Waals surface area contributed by atoms with Crippen molar-refractivity contribution in [3.8, 4) is 0 Å². The average molecular weight is 335 g/mol. The lowest BCUT2D eigenvalue weighted by Gasteiger charge is -2.27. The molecule has 1 saturated heterocycles. The van der Waals surface area contributed by atoms with Gasteiger partial charge in [-0.05, 0) is 47.6 Å². The molecule has 3 heterocycles. The Balaban J connectivity index is 1.19. The van der Waals surface area contributed by atoms with Gasteiger partial charge in [0, 0.05) is 37.6 Å².